The Hall–Kier alpha value is -3.26. The number of benzene rings is 1. The molecule has 2 atom stereocenters. The third kappa shape index (κ3) is 4.74. The molecular formula is C18H18N6O6S. The molecule has 1 saturated heterocycles. The molecule has 0 aliphatic carbocycles. The molecule has 162 valence electrons. The summed E-state index contributed by atoms with van der Waals surface area (Å²) in [5, 5.41) is 7.57. The zero-order chi connectivity index (χ0) is 22.0. The van der Waals surface area contributed by atoms with Crippen molar-refractivity contribution in [2.45, 2.75) is 25.3 Å². The third-order valence-electron chi connectivity index (χ3n) is 4.58. The van der Waals surface area contributed by atoms with Gasteiger partial charge in [-0.3, -0.25) is 18.3 Å². The van der Waals surface area contributed by atoms with Crippen LogP contribution in [0, 0.1) is 0 Å². The summed E-state index contributed by atoms with van der Waals surface area (Å²) < 4.78 is 33.4. The van der Waals surface area contributed by atoms with E-state index in [9.17, 15) is 18.0 Å². The zero-order valence-corrected chi connectivity index (χ0v) is 16.9. The molecule has 0 spiro atoms. The van der Waals surface area contributed by atoms with Crippen LogP contribution < -0.4 is 10.5 Å². The van der Waals surface area contributed by atoms with E-state index in [1.807, 2.05) is 6.07 Å². The monoisotopic (exact) mass is 446 g/mol. The molecule has 0 radical (unpaired) electrons. The fourth-order valence-corrected chi connectivity index (χ4v) is 3.52. The van der Waals surface area contributed by atoms with Crippen molar-refractivity contribution in [2.75, 3.05) is 6.61 Å². The van der Waals surface area contributed by atoms with Crippen LogP contribution >= 0.6 is 0 Å². The summed E-state index contributed by atoms with van der Waals surface area (Å²) in [4.78, 5) is 37.3. The van der Waals surface area contributed by atoms with Gasteiger partial charge in [0.25, 0.3) is 5.91 Å². The largest absolute Gasteiger partial charge is 0.346 e. The number of hydrogen-bond acceptors (Lipinski definition) is 9. The summed E-state index contributed by atoms with van der Waals surface area (Å²) >= 11 is 0. The molecule has 3 N–H and O–H groups in total. The molecule has 1 amide bonds. The molecule has 2 unspecified atom stereocenters. The van der Waals surface area contributed by atoms with Crippen molar-refractivity contribution in [2.24, 2.45) is 5.14 Å². The van der Waals surface area contributed by atoms with Crippen molar-refractivity contribution in [1.29, 1.82) is 0 Å². The lowest BCUT2D eigenvalue weighted by Crippen LogP contribution is -2.24. The molecule has 3 heterocycles. The zero-order valence-electron chi connectivity index (χ0n) is 16.0. The predicted molar refractivity (Wildman–Crippen MR) is 106 cm³/mol. The summed E-state index contributed by atoms with van der Waals surface area (Å²) in [6.45, 7) is -0.270. The van der Waals surface area contributed by atoms with Gasteiger partial charge in [-0.25, -0.2) is 20.1 Å². The van der Waals surface area contributed by atoms with E-state index < -0.39 is 22.6 Å². The van der Waals surface area contributed by atoms with Gasteiger partial charge in [0, 0.05) is 12.0 Å². The number of nitrogens with zero attached hydrogens (tertiary/aromatic N) is 4. The van der Waals surface area contributed by atoms with Crippen molar-refractivity contribution < 1.29 is 26.9 Å². The van der Waals surface area contributed by atoms with E-state index in [1.54, 1.807) is 24.3 Å². The summed E-state index contributed by atoms with van der Waals surface area (Å²) in [5.41, 5.74) is 1.71. The Labute approximate surface area is 176 Å². The third-order valence-corrected chi connectivity index (χ3v) is 5.05. The van der Waals surface area contributed by atoms with Gasteiger partial charge in [-0.05, 0) is 12.1 Å². The van der Waals surface area contributed by atoms with Crippen molar-refractivity contribution in [3.63, 3.8) is 0 Å². The first-order valence-corrected chi connectivity index (χ1v) is 10.6. The van der Waals surface area contributed by atoms with Gasteiger partial charge in [-0.15, -0.1) is 0 Å². The number of ether oxygens (including phenoxy) is 1. The number of ketones is 1. The molecule has 1 aliphatic rings. The van der Waals surface area contributed by atoms with Crippen LogP contribution in [0.2, 0.25) is 0 Å². The highest BCUT2D eigenvalue weighted by molar-refractivity contribution is 7.84. The first-order valence-electron chi connectivity index (χ1n) is 9.17. The highest BCUT2D eigenvalue weighted by atomic mass is 32.2. The Kier molecular flexibility index (Phi) is 5.73. The van der Waals surface area contributed by atoms with E-state index in [0.29, 0.717) is 22.4 Å². The molecule has 0 bridgehead atoms. The molecule has 13 heteroatoms. The Balaban J connectivity index is 1.50. The van der Waals surface area contributed by atoms with Gasteiger partial charge in [0.15, 0.2) is 17.7 Å². The molecular weight excluding hydrogens is 428 g/mol. The Morgan fingerprint density at radius 1 is 1.26 bits per heavy atom. The lowest BCUT2D eigenvalue weighted by Gasteiger charge is -2.13. The van der Waals surface area contributed by atoms with Crippen LogP contribution in [-0.2, 0) is 30.6 Å². The number of nitrogens with two attached hydrogens (primary N) is 1. The number of Topliss-reactive ketones (excluding diaryl/α,β-unsaturated/α-hetero) is 1. The number of fused-ring (bicyclic) bond motifs is 1. The predicted octanol–water partition coefficient (Wildman–Crippen LogP) is -0.167. The van der Waals surface area contributed by atoms with E-state index in [2.05, 4.69) is 24.5 Å². The van der Waals surface area contributed by atoms with Crippen LogP contribution in [-0.4, -0.2) is 52.3 Å². The average molecular weight is 446 g/mol. The van der Waals surface area contributed by atoms with Crippen LogP contribution in [0.3, 0.4) is 0 Å². The molecule has 0 saturated carbocycles. The Morgan fingerprint density at radius 3 is 2.77 bits per heavy atom. The minimum atomic E-state index is -4.14. The quantitative estimate of drug-likeness (QED) is 0.500. The van der Waals surface area contributed by atoms with Crippen molar-refractivity contribution in [3.8, 4) is 0 Å². The number of hydrogen-bond donors (Lipinski definition) is 2. The van der Waals surface area contributed by atoms with Crippen LogP contribution in [0.5, 0.6) is 0 Å². The first-order chi connectivity index (χ1) is 14.8. The fourth-order valence-electron chi connectivity index (χ4n) is 3.18. The number of imidazole rings is 1. The number of rotatable bonds is 7. The van der Waals surface area contributed by atoms with E-state index in [4.69, 9.17) is 9.88 Å². The summed E-state index contributed by atoms with van der Waals surface area (Å²) in [5.74, 6) is -0.557. The number of amides is 1. The maximum atomic E-state index is 12.4. The molecule has 1 aliphatic heterocycles. The van der Waals surface area contributed by atoms with E-state index in [1.165, 1.54) is 17.2 Å². The molecule has 1 fully saturated rings. The van der Waals surface area contributed by atoms with Gasteiger partial charge in [-0.1, -0.05) is 18.2 Å². The maximum Gasteiger partial charge on any atom is 0.333 e. The normalized spacial score (nSPS) is 19.1. The highest BCUT2D eigenvalue weighted by Crippen LogP contribution is 2.28. The Morgan fingerprint density at radius 2 is 2.03 bits per heavy atom. The van der Waals surface area contributed by atoms with E-state index >= 15 is 0 Å². The van der Waals surface area contributed by atoms with Crippen molar-refractivity contribution >= 4 is 33.2 Å². The van der Waals surface area contributed by atoms with Crippen LogP contribution in [0.1, 0.15) is 28.7 Å². The Bertz CT molecular complexity index is 1230. The number of aromatic nitrogens is 4. The minimum absolute atomic E-state index is 0.0507. The maximum absolute atomic E-state index is 12.4. The molecule has 2 aromatic heterocycles. The summed E-state index contributed by atoms with van der Waals surface area (Å²) in [6.07, 6.45) is 0.810. The van der Waals surface area contributed by atoms with Gasteiger partial charge in [0.1, 0.15) is 11.8 Å². The van der Waals surface area contributed by atoms with Gasteiger partial charge in [0.2, 0.25) is 0 Å². The van der Waals surface area contributed by atoms with Crippen LogP contribution in [0.15, 0.2) is 43.0 Å². The standard InChI is InChI=1S/C18H18N6O6S/c19-31(27,28)29-8-12-6-14(25)18(30-12)24-10-23-15-13(21-9-22-16(15)24)7-20-17(26)11-4-2-1-3-5-11/h1-5,9-10,12,18H,6-8H2,(H,20,26)(H2,19,27,28). The average Bonchev–Trinajstić information content (AvgIpc) is 3.34. The summed E-state index contributed by atoms with van der Waals surface area (Å²) in [6, 6.07) is 8.73. The van der Waals surface area contributed by atoms with Gasteiger partial charge in [0.05, 0.1) is 31.3 Å². The van der Waals surface area contributed by atoms with Gasteiger partial charge < -0.3 is 10.1 Å². The molecule has 4 rings (SSSR count). The van der Waals surface area contributed by atoms with Crippen LogP contribution in [0.4, 0.5) is 0 Å². The van der Waals surface area contributed by atoms with Crippen molar-refractivity contribution in [3.05, 3.63) is 54.2 Å². The molecule has 1 aromatic carbocycles. The lowest BCUT2D eigenvalue weighted by molar-refractivity contribution is -0.127. The number of nitrogens with one attached hydrogen (secondary N) is 1. The van der Waals surface area contributed by atoms with E-state index in [0.717, 1.165) is 0 Å². The molecule has 3 aromatic rings. The molecule has 12 nitrogen and oxygen atoms in total. The topological polar surface area (TPSA) is 168 Å². The second-order valence-electron chi connectivity index (χ2n) is 6.75. The lowest BCUT2D eigenvalue weighted by atomic mass is 10.2. The van der Waals surface area contributed by atoms with Crippen LogP contribution in [0.25, 0.3) is 11.2 Å². The van der Waals surface area contributed by atoms with Gasteiger partial charge >= 0.3 is 10.3 Å². The fraction of sp³-hybridized carbons (Fsp3) is 0.278. The number of carbonyl (C=O) groups excluding carboxylic acids is 2. The first kappa shape index (κ1) is 21.0. The SMILES string of the molecule is NS(=O)(=O)OCC1CC(=O)C(n2cnc3c(CNC(=O)c4ccccc4)ncnc32)O1. The highest BCUT2D eigenvalue weighted by Gasteiger charge is 2.36. The minimum Gasteiger partial charge on any atom is -0.346 e. The van der Waals surface area contributed by atoms with Gasteiger partial charge in [-0.2, -0.15) is 8.42 Å². The van der Waals surface area contributed by atoms with E-state index in [-0.39, 0.29) is 31.3 Å². The second kappa shape index (κ2) is 8.47. The number of carbonyl (C=O) groups is 2. The van der Waals surface area contributed by atoms with Crippen molar-refractivity contribution in [1.82, 2.24) is 24.8 Å². The smallest absolute Gasteiger partial charge is 0.333 e. The summed E-state index contributed by atoms with van der Waals surface area (Å²) in [7, 11) is -4.14. The molecule has 31 heavy (non-hydrogen) atoms. The second-order valence-corrected chi connectivity index (χ2v) is 7.97.